The van der Waals surface area contributed by atoms with Crippen molar-refractivity contribution >= 4 is 5.97 Å². The van der Waals surface area contributed by atoms with Crippen molar-refractivity contribution < 1.29 is 9.53 Å². The maximum Gasteiger partial charge on any atom is 0.325 e. The van der Waals surface area contributed by atoms with E-state index in [4.69, 9.17) is 4.74 Å². The number of methoxy groups -OCH3 is 1. The molecule has 0 saturated carbocycles. The molecule has 0 bridgehead atoms. The quantitative estimate of drug-likeness (QED) is 0.653. The van der Waals surface area contributed by atoms with E-state index in [1.807, 2.05) is 14.0 Å². The van der Waals surface area contributed by atoms with Crippen molar-refractivity contribution in [2.24, 2.45) is 11.8 Å². The predicted molar refractivity (Wildman–Crippen MR) is 80.2 cm³/mol. The number of rotatable bonds is 9. The molecule has 0 fully saturated rings. The van der Waals surface area contributed by atoms with E-state index in [1.54, 1.807) is 0 Å². The van der Waals surface area contributed by atoms with Crippen LogP contribution >= 0.6 is 0 Å². The molecule has 0 aliphatic rings. The Hall–Kier alpha value is -0.610. The first-order valence-corrected chi connectivity index (χ1v) is 7.24. The monoisotopic (exact) mass is 272 g/mol. The van der Waals surface area contributed by atoms with Gasteiger partial charge in [-0.15, -0.1) is 0 Å². The molecule has 1 N–H and O–H groups in total. The molecule has 0 aromatic heterocycles. The Kier molecular flexibility index (Phi) is 8.26. The summed E-state index contributed by atoms with van der Waals surface area (Å²) in [5.41, 5.74) is -0.596. The smallest absolute Gasteiger partial charge is 0.325 e. The number of ether oxygens (including phenoxy) is 1. The van der Waals surface area contributed by atoms with Gasteiger partial charge in [-0.3, -0.25) is 4.79 Å². The number of hydrogen-bond acceptors (Lipinski definition) is 4. The highest BCUT2D eigenvalue weighted by Gasteiger charge is 2.32. The summed E-state index contributed by atoms with van der Waals surface area (Å²) in [6.07, 6.45) is 0.760. The van der Waals surface area contributed by atoms with E-state index in [1.165, 1.54) is 7.11 Å². The minimum absolute atomic E-state index is 0.191. The van der Waals surface area contributed by atoms with Gasteiger partial charge >= 0.3 is 5.97 Å². The number of likely N-dealkylation sites (N-methyl/N-ethyl adjacent to an activating group) is 1. The van der Waals surface area contributed by atoms with Crippen LogP contribution in [0.5, 0.6) is 0 Å². The van der Waals surface area contributed by atoms with E-state index in [9.17, 15) is 4.79 Å². The van der Waals surface area contributed by atoms with Gasteiger partial charge in [-0.2, -0.15) is 0 Å². The van der Waals surface area contributed by atoms with Gasteiger partial charge in [0.15, 0.2) is 0 Å². The molecule has 4 heteroatoms. The maximum atomic E-state index is 11.8. The fourth-order valence-corrected chi connectivity index (χ4v) is 2.23. The summed E-state index contributed by atoms with van der Waals surface area (Å²) in [4.78, 5) is 14.3. The molecule has 0 spiro atoms. The summed E-state index contributed by atoms with van der Waals surface area (Å²) in [7, 11) is 3.25. The molecule has 0 amide bonds. The van der Waals surface area contributed by atoms with E-state index < -0.39 is 5.54 Å². The molecule has 0 aliphatic heterocycles. The highest BCUT2D eigenvalue weighted by atomic mass is 16.5. The molecule has 4 nitrogen and oxygen atoms in total. The minimum atomic E-state index is -0.596. The molecule has 1 atom stereocenters. The lowest BCUT2D eigenvalue weighted by Crippen LogP contribution is -2.50. The number of hydrogen-bond donors (Lipinski definition) is 1. The third-order valence-corrected chi connectivity index (χ3v) is 3.36. The van der Waals surface area contributed by atoms with E-state index in [0.29, 0.717) is 11.8 Å². The lowest BCUT2D eigenvalue weighted by atomic mass is 9.97. The normalized spacial score (nSPS) is 15.1. The van der Waals surface area contributed by atoms with Gasteiger partial charge in [0.1, 0.15) is 5.54 Å². The second-order valence-corrected chi connectivity index (χ2v) is 6.37. The Bertz CT molecular complexity index is 257. The van der Waals surface area contributed by atoms with Crippen molar-refractivity contribution in [1.29, 1.82) is 0 Å². The molecule has 1 unspecified atom stereocenters. The molecule has 0 aliphatic carbocycles. The van der Waals surface area contributed by atoms with Crippen LogP contribution in [0.25, 0.3) is 0 Å². The SMILES string of the molecule is CNC(C)(CCN(CC(C)C)CC(C)C)C(=O)OC. The largest absolute Gasteiger partial charge is 0.468 e. The van der Waals surface area contributed by atoms with Gasteiger partial charge < -0.3 is 15.0 Å². The van der Waals surface area contributed by atoms with Gasteiger partial charge in [0.2, 0.25) is 0 Å². The van der Waals surface area contributed by atoms with Gasteiger partial charge in [-0.1, -0.05) is 27.7 Å². The van der Waals surface area contributed by atoms with Crippen molar-refractivity contribution in [2.45, 2.75) is 46.6 Å². The van der Waals surface area contributed by atoms with Gasteiger partial charge in [0, 0.05) is 19.6 Å². The third-order valence-electron chi connectivity index (χ3n) is 3.36. The second kappa shape index (κ2) is 8.54. The average molecular weight is 272 g/mol. The molecule has 0 rings (SSSR count). The zero-order chi connectivity index (χ0) is 15.1. The van der Waals surface area contributed by atoms with Crippen LogP contribution in [-0.2, 0) is 9.53 Å². The summed E-state index contributed by atoms with van der Waals surface area (Å²) >= 11 is 0. The molecule has 0 aromatic rings. The summed E-state index contributed by atoms with van der Waals surface area (Å²) in [6, 6.07) is 0. The maximum absolute atomic E-state index is 11.8. The van der Waals surface area contributed by atoms with Crippen LogP contribution in [0.1, 0.15) is 41.0 Å². The Morgan fingerprint density at radius 1 is 1.21 bits per heavy atom. The zero-order valence-electron chi connectivity index (χ0n) is 13.7. The van der Waals surface area contributed by atoms with Crippen molar-refractivity contribution in [2.75, 3.05) is 33.8 Å². The van der Waals surface area contributed by atoms with Gasteiger partial charge in [0.25, 0.3) is 0 Å². The summed E-state index contributed by atoms with van der Waals surface area (Å²) < 4.78 is 4.88. The topological polar surface area (TPSA) is 41.6 Å². The summed E-state index contributed by atoms with van der Waals surface area (Å²) in [6.45, 7) is 13.9. The average Bonchev–Trinajstić information content (AvgIpc) is 2.33. The molecule has 19 heavy (non-hydrogen) atoms. The lowest BCUT2D eigenvalue weighted by molar-refractivity contribution is -0.148. The molecule has 0 saturated heterocycles. The summed E-state index contributed by atoms with van der Waals surface area (Å²) in [5, 5.41) is 3.09. The zero-order valence-corrected chi connectivity index (χ0v) is 13.7. The minimum Gasteiger partial charge on any atom is -0.468 e. The van der Waals surface area contributed by atoms with Crippen LogP contribution in [0.3, 0.4) is 0 Å². The Morgan fingerprint density at radius 2 is 1.68 bits per heavy atom. The first-order chi connectivity index (χ1) is 8.75. The highest BCUT2D eigenvalue weighted by Crippen LogP contribution is 2.14. The van der Waals surface area contributed by atoms with Crippen LogP contribution in [-0.4, -0.2) is 50.2 Å². The second-order valence-electron chi connectivity index (χ2n) is 6.37. The van der Waals surface area contributed by atoms with Gasteiger partial charge in [0.05, 0.1) is 7.11 Å². The van der Waals surface area contributed by atoms with Crippen molar-refractivity contribution in [1.82, 2.24) is 10.2 Å². The Morgan fingerprint density at radius 3 is 2.00 bits per heavy atom. The van der Waals surface area contributed by atoms with E-state index >= 15 is 0 Å². The fraction of sp³-hybridized carbons (Fsp3) is 0.933. The van der Waals surface area contributed by atoms with Crippen LogP contribution in [0.15, 0.2) is 0 Å². The first kappa shape index (κ1) is 18.4. The van der Waals surface area contributed by atoms with E-state index in [2.05, 4.69) is 37.9 Å². The van der Waals surface area contributed by atoms with Crippen LogP contribution in [0, 0.1) is 11.8 Å². The lowest BCUT2D eigenvalue weighted by Gasteiger charge is -2.31. The predicted octanol–water partition coefficient (Wildman–Crippen LogP) is 2.14. The molecular weight excluding hydrogens is 240 g/mol. The molecule has 114 valence electrons. The fourth-order valence-electron chi connectivity index (χ4n) is 2.23. The number of esters is 1. The van der Waals surface area contributed by atoms with E-state index in [-0.39, 0.29) is 5.97 Å². The highest BCUT2D eigenvalue weighted by molar-refractivity contribution is 5.80. The van der Waals surface area contributed by atoms with Gasteiger partial charge in [-0.05, 0) is 32.2 Å². The molecule has 0 aromatic carbocycles. The number of carbonyl (C=O) groups excluding carboxylic acids is 1. The Labute approximate surface area is 118 Å². The van der Waals surface area contributed by atoms with Crippen LogP contribution in [0.2, 0.25) is 0 Å². The third kappa shape index (κ3) is 6.92. The summed E-state index contributed by atoms with van der Waals surface area (Å²) in [5.74, 6) is 1.08. The molecule has 0 heterocycles. The first-order valence-electron chi connectivity index (χ1n) is 7.24. The molecular formula is C15H32N2O2. The van der Waals surface area contributed by atoms with Gasteiger partial charge in [-0.25, -0.2) is 0 Å². The van der Waals surface area contributed by atoms with Crippen LogP contribution < -0.4 is 5.32 Å². The number of carbonyl (C=O) groups is 1. The number of nitrogens with zero attached hydrogens (tertiary/aromatic N) is 1. The van der Waals surface area contributed by atoms with Crippen molar-refractivity contribution in [3.63, 3.8) is 0 Å². The Balaban J connectivity index is 4.54. The van der Waals surface area contributed by atoms with Crippen molar-refractivity contribution in [3.8, 4) is 0 Å². The standard InChI is InChI=1S/C15H32N2O2/c1-12(2)10-17(11-13(3)4)9-8-15(5,16-6)14(18)19-7/h12-13,16H,8-11H2,1-7H3. The number of nitrogens with one attached hydrogen (secondary N) is 1. The van der Waals surface area contributed by atoms with E-state index in [0.717, 1.165) is 26.1 Å². The van der Waals surface area contributed by atoms with Crippen molar-refractivity contribution in [3.05, 3.63) is 0 Å². The molecule has 0 radical (unpaired) electrons. The van der Waals surface area contributed by atoms with Crippen LogP contribution in [0.4, 0.5) is 0 Å².